The average molecular weight is 586 g/mol. The first kappa shape index (κ1) is 31.7. The van der Waals surface area contributed by atoms with Crippen molar-refractivity contribution in [2.24, 2.45) is 0 Å². The van der Waals surface area contributed by atoms with Crippen molar-refractivity contribution in [3.05, 3.63) is 83.2 Å². The monoisotopic (exact) mass is 585 g/mol. The van der Waals surface area contributed by atoms with E-state index in [1.807, 2.05) is 67.6 Å². The summed E-state index contributed by atoms with van der Waals surface area (Å²) in [4.78, 5) is 0. The van der Waals surface area contributed by atoms with E-state index in [1.54, 1.807) is 21.1 Å². The second-order valence-corrected chi connectivity index (χ2v) is 18.7. The smallest absolute Gasteiger partial charge is 0.220 e. The van der Waals surface area contributed by atoms with Gasteiger partial charge in [0.15, 0.2) is 8.32 Å². The first-order chi connectivity index (χ1) is 18.7. The Morgan fingerprint density at radius 2 is 1.30 bits per heavy atom. The van der Waals surface area contributed by atoms with Gasteiger partial charge in [-0.05, 0) is 79.5 Å². The topological polar surface area (TPSA) is 90.9 Å². The molecule has 0 amide bonds. The van der Waals surface area contributed by atoms with E-state index in [9.17, 15) is 8.42 Å². The van der Waals surface area contributed by atoms with Crippen LogP contribution in [0.3, 0.4) is 0 Å². The Balaban J connectivity index is 2.05. The fourth-order valence-corrected chi connectivity index (χ4v) is 7.00. The van der Waals surface area contributed by atoms with Crippen LogP contribution in [0, 0.1) is 6.92 Å². The Morgan fingerprint density at radius 3 is 1.68 bits per heavy atom. The van der Waals surface area contributed by atoms with Crippen molar-refractivity contribution in [2.45, 2.75) is 77.2 Å². The minimum atomic E-state index is -3.90. The third-order valence-corrected chi connectivity index (χ3v) is 14.3. The highest BCUT2D eigenvalue weighted by Crippen LogP contribution is 2.41. The van der Waals surface area contributed by atoms with E-state index in [4.69, 9.17) is 13.9 Å². The zero-order chi connectivity index (χ0) is 29.7. The molecule has 1 aromatic heterocycles. The first-order valence-electron chi connectivity index (χ1n) is 13.4. The number of methoxy groups -OCH3 is 2. The molecular weight excluding hydrogens is 542 g/mol. The molecule has 218 valence electrons. The molecule has 40 heavy (non-hydrogen) atoms. The second kappa shape index (κ2) is 12.8. The van der Waals surface area contributed by atoms with Gasteiger partial charge in [-0.15, -0.1) is 0 Å². The Kier molecular flexibility index (Phi) is 10.2. The summed E-state index contributed by atoms with van der Waals surface area (Å²) < 4.78 is 47.8. The summed E-state index contributed by atoms with van der Waals surface area (Å²) >= 11 is 0. The van der Waals surface area contributed by atoms with Gasteiger partial charge in [0.1, 0.15) is 22.9 Å². The fourth-order valence-electron chi connectivity index (χ4n) is 3.95. The van der Waals surface area contributed by atoms with Crippen LogP contribution >= 0.6 is 0 Å². The molecule has 10 heteroatoms. The lowest BCUT2D eigenvalue weighted by molar-refractivity contribution is 0.172. The Hall–Kier alpha value is -2.79. The predicted octanol–water partition coefficient (Wildman–Crippen LogP) is 6.29. The minimum Gasteiger partial charge on any atom is -0.497 e. The zero-order valence-electron chi connectivity index (χ0n) is 25.1. The van der Waals surface area contributed by atoms with Crippen molar-refractivity contribution >= 4 is 18.3 Å². The highest BCUT2D eigenvalue weighted by Gasteiger charge is 2.44. The number of hydrogen-bond acceptors (Lipinski definition) is 7. The SMILES string of the molecule is COc1ccc(CN(Cc2ccc(OC)cc2)S(=O)(=O)[C@@H](C)[C@H](O[Si](C)(C)C(C)(C)C)c2ccc(C)nn2)cc1. The molecular formula is C30H43N3O5SSi. The minimum absolute atomic E-state index is 0.126. The maximum absolute atomic E-state index is 14.5. The molecule has 0 unspecified atom stereocenters. The molecule has 0 saturated heterocycles. The van der Waals surface area contributed by atoms with Crippen molar-refractivity contribution in [2.75, 3.05) is 14.2 Å². The van der Waals surface area contributed by atoms with Gasteiger partial charge < -0.3 is 13.9 Å². The first-order valence-corrected chi connectivity index (χ1v) is 17.8. The van der Waals surface area contributed by atoms with Gasteiger partial charge in [0, 0.05) is 13.1 Å². The molecule has 2 aromatic carbocycles. The molecule has 0 aliphatic carbocycles. The van der Waals surface area contributed by atoms with E-state index >= 15 is 0 Å². The molecule has 0 N–H and O–H groups in total. The van der Waals surface area contributed by atoms with E-state index in [0.29, 0.717) is 17.2 Å². The van der Waals surface area contributed by atoms with Gasteiger partial charge in [-0.25, -0.2) is 8.42 Å². The van der Waals surface area contributed by atoms with E-state index < -0.39 is 29.7 Å². The number of aryl methyl sites for hydroxylation is 1. The number of ether oxygens (including phenoxy) is 2. The molecule has 3 rings (SSSR count). The molecule has 0 saturated carbocycles. The van der Waals surface area contributed by atoms with Crippen molar-refractivity contribution in [3.8, 4) is 11.5 Å². The third kappa shape index (κ3) is 7.69. The summed E-state index contributed by atoms with van der Waals surface area (Å²) in [5.74, 6) is 1.42. The standard InChI is InChI=1S/C30H43N3O5SSi/c1-22-10-19-28(32-31-22)29(38-40(8,9)30(3,4)5)23(2)39(34,35)33(20-24-11-15-26(36-6)16-12-24)21-25-13-17-27(37-7)18-14-25/h10-19,23,29H,20-21H2,1-9H3/t23-,29-/m0/s1. The van der Waals surface area contributed by atoms with Crippen LogP contribution in [-0.4, -0.2) is 50.7 Å². The summed E-state index contributed by atoms with van der Waals surface area (Å²) in [6, 6.07) is 18.5. The van der Waals surface area contributed by atoms with Gasteiger partial charge in [-0.1, -0.05) is 45.0 Å². The van der Waals surface area contributed by atoms with Crippen molar-refractivity contribution in [3.63, 3.8) is 0 Å². The summed E-state index contributed by atoms with van der Waals surface area (Å²) in [6.45, 7) is 14.6. The van der Waals surface area contributed by atoms with Gasteiger partial charge in [-0.3, -0.25) is 0 Å². The number of rotatable bonds is 12. The number of benzene rings is 2. The van der Waals surface area contributed by atoms with Crippen molar-refractivity contribution in [1.29, 1.82) is 0 Å². The van der Waals surface area contributed by atoms with E-state index in [0.717, 1.165) is 16.8 Å². The molecule has 1 heterocycles. The molecule has 2 atom stereocenters. The number of sulfonamides is 1. The summed E-state index contributed by atoms with van der Waals surface area (Å²) in [6.07, 6.45) is -0.784. The number of aromatic nitrogens is 2. The molecule has 0 fully saturated rings. The average Bonchev–Trinajstić information content (AvgIpc) is 2.91. The molecule has 0 bridgehead atoms. The molecule has 0 spiro atoms. The Morgan fingerprint density at radius 1 is 0.825 bits per heavy atom. The van der Waals surface area contributed by atoms with E-state index in [2.05, 4.69) is 44.1 Å². The Bertz CT molecular complexity index is 1290. The number of nitrogens with zero attached hydrogens (tertiary/aromatic N) is 3. The fraction of sp³-hybridized carbons (Fsp3) is 0.467. The largest absolute Gasteiger partial charge is 0.497 e. The lowest BCUT2D eigenvalue weighted by atomic mass is 10.2. The summed E-state index contributed by atoms with van der Waals surface area (Å²) in [5.41, 5.74) is 2.97. The lowest BCUT2D eigenvalue weighted by Crippen LogP contribution is -2.47. The van der Waals surface area contributed by atoms with Crippen LogP contribution in [-0.2, 0) is 27.5 Å². The molecule has 8 nitrogen and oxygen atoms in total. The zero-order valence-corrected chi connectivity index (χ0v) is 27.0. The maximum atomic E-state index is 14.5. The molecule has 0 aliphatic rings. The molecule has 0 radical (unpaired) electrons. The maximum Gasteiger partial charge on any atom is 0.220 e. The van der Waals surface area contributed by atoms with Gasteiger partial charge >= 0.3 is 0 Å². The van der Waals surface area contributed by atoms with Crippen LogP contribution < -0.4 is 9.47 Å². The van der Waals surface area contributed by atoms with Crippen LogP contribution in [0.4, 0.5) is 0 Å². The highest BCUT2D eigenvalue weighted by atomic mass is 32.2. The quantitative estimate of drug-likeness (QED) is 0.231. The lowest BCUT2D eigenvalue weighted by Gasteiger charge is -2.41. The van der Waals surface area contributed by atoms with E-state index in [-0.39, 0.29) is 18.1 Å². The molecule has 3 aromatic rings. The summed E-state index contributed by atoms with van der Waals surface area (Å²) in [7, 11) is -3.08. The summed E-state index contributed by atoms with van der Waals surface area (Å²) in [5, 5.41) is 7.56. The second-order valence-electron chi connectivity index (χ2n) is 11.6. The van der Waals surface area contributed by atoms with Gasteiger partial charge in [-0.2, -0.15) is 14.5 Å². The third-order valence-electron chi connectivity index (χ3n) is 7.63. The normalized spacial score (nSPS) is 14.2. The van der Waals surface area contributed by atoms with Gasteiger partial charge in [0.2, 0.25) is 10.0 Å². The van der Waals surface area contributed by atoms with Crippen LogP contribution in [0.25, 0.3) is 0 Å². The van der Waals surface area contributed by atoms with Crippen LogP contribution in [0.5, 0.6) is 11.5 Å². The molecule has 0 aliphatic heterocycles. The van der Waals surface area contributed by atoms with E-state index in [1.165, 1.54) is 4.31 Å². The van der Waals surface area contributed by atoms with Crippen LogP contribution in [0.2, 0.25) is 18.1 Å². The van der Waals surface area contributed by atoms with Gasteiger partial charge in [0.25, 0.3) is 0 Å². The van der Waals surface area contributed by atoms with Crippen LogP contribution in [0.15, 0.2) is 60.7 Å². The van der Waals surface area contributed by atoms with Crippen LogP contribution in [0.1, 0.15) is 56.3 Å². The predicted molar refractivity (Wildman–Crippen MR) is 161 cm³/mol. The highest BCUT2D eigenvalue weighted by molar-refractivity contribution is 7.89. The van der Waals surface area contributed by atoms with Crippen molar-refractivity contribution < 1.29 is 22.3 Å². The Labute approximate surface area is 240 Å². The van der Waals surface area contributed by atoms with Gasteiger partial charge in [0.05, 0.1) is 25.6 Å². The number of hydrogen-bond donors (Lipinski definition) is 0. The van der Waals surface area contributed by atoms with Crippen molar-refractivity contribution in [1.82, 2.24) is 14.5 Å².